The van der Waals surface area contributed by atoms with Crippen LogP contribution in [0.5, 0.6) is 0 Å². The Balaban J connectivity index is 1.66. The zero-order valence-corrected chi connectivity index (χ0v) is 10.7. The SMILES string of the molecule is N#Cc1ccc(N2CCC3(CCCC3)CC2)nc1. The van der Waals surface area contributed by atoms with Crippen molar-refractivity contribution in [3.8, 4) is 6.07 Å². The zero-order chi connectivity index (χ0) is 12.4. The smallest absolute Gasteiger partial charge is 0.128 e. The molecule has 1 spiro atoms. The van der Waals surface area contributed by atoms with Crippen molar-refractivity contribution >= 4 is 5.82 Å². The average molecular weight is 241 g/mol. The Labute approximate surface area is 108 Å². The molecule has 3 rings (SSSR count). The van der Waals surface area contributed by atoms with Crippen molar-refractivity contribution in [3.63, 3.8) is 0 Å². The highest BCUT2D eigenvalue weighted by Gasteiger charge is 2.37. The summed E-state index contributed by atoms with van der Waals surface area (Å²) in [5.74, 6) is 1.03. The molecule has 1 aliphatic heterocycles. The standard InChI is InChI=1S/C15H19N3/c16-11-13-3-4-14(17-12-13)18-9-7-15(8-10-18)5-1-2-6-15/h3-4,12H,1-2,5-10H2. The van der Waals surface area contributed by atoms with Crippen molar-refractivity contribution in [2.75, 3.05) is 18.0 Å². The first-order chi connectivity index (χ1) is 8.81. The third kappa shape index (κ3) is 2.08. The maximum atomic E-state index is 8.77. The Kier molecular flexibility index (Phi) is 2.95. The van der Waals surface area contributed by atoms with Crippen molar-refractivity contribution in [1.29, 1.82) is 5.26 Å². The lowest BCUT2D eigenvalue weighted by Crippen LogP contribution is -2.39. The Bertz CT molecular complexity index is 442. The fourth-order valence-electron chi connectivity index (χ4n) is 3.47. The van der Waals surface area contributed by atoms with E-state index in [4.69, 9.17) is 5.26 Å². The summed E-state index contributed by atoms with van der Waals surface area (Å²) in [5.41, 5.74) is 1.30. The van der Waals surface area contributed by atoms with E-state index >= 15 is 0 Å². The highest BCUT2D eigenvalue weighted by Crippen LogP contribution is 2.46. The van der Waals surface area contributed by atoms with Gasteiger partial charge >= 0.3 is 0 Å². The molecule has 1 saturated carbocycles. The van der Waals surface area contributed by atoms with Crippen molar-refractivity contribution in [3.05, 3.63) is 23.9 Å². The summed E-state index contributed by atoms with van der Waals surface area (Å²) < 4.78 is 0. The summed E-state index contributed by atoms with van der Waals surface area (Å²) in [6, 6.07) is 5.96. The van der Waals surface area contributed by atoms with Crippen LogP contribution in [-0.4, -0.2) is 18.1 Å². The molecular weight excluding hydrogens is 222 g/mol. The molecule has 94 valence electrons. The molecule has 1 aliphatic carbocycles. The molecule has 0 N–H and O–H groups in total. The van der Waals surface area contributed by atoms with Crippen LogP contribution in [0.4, 0.5) is 5.82 Å². The molecule has 2 heterocycles. The second-order valence-electron chi connectivity index (χ2n) is 5.71. The van der Waals surface area contributed by atoms with Gasteiger partial charge < -0.3 is 4.90 Å². The van der Waals surface area contributed by atoms with Crippen LogP contribution in [0.25, 0.3) is 0 Å². The van der Waals surface area contributed by atoms with Gasteiger partial charge in [-0.25, -0.2) is 4.98 Å². The van der Waals surface area contributed by atoms with Crippen LogP contribution >= 0.6 is 0 Å². The van der Waals surface area contributed by atoms with Crippen LogP contribution in [0.3, 0.4) is 0 Å². The predicted octanol–water partition coefficient (Wildman–Crippen LogP) is 3.11. The van der Waals surface area contributed by atoms with Crippen molar-refractivity contribution in [2.24, 2.45) is 5.41 Å². The van der Waals surface area contributed by atoms with E-state index < -0.39 is 0 Å². The minimum atomic E-state index is 0.642. The van der Waals surface area contributed by atoms with Crippen LogP contribution in [0.15, 0.2) is 18.3 Å². The lowest BCUT2D eigenvalue weighted by atomic mass is 9.77. The number of anilines is 1. The number of piperidine rings is 1. The van der Waals surface area contributed by atoms with E-state index in [1.54, 1.807) is 6.20 Å². The Morgan fingerprint density at radius 1 is 1.11 bits per heavy atom. The van der Waals surface area contributed by atoms with Gasteiger partial charge in [0.15, 0.2) is 0 Å². The molecular formula is C15H19N3. The number of hydrogen-bond acceptors (Lipinski definition) is 3. The molecule has 0 bridgehead atoms. The molecule has 18 heavy (non-hydrogen) atoms. The molecule has 1 saturated heterocycles. The monoisotopic (exact) mass is 241 g/mol. The zero-order valence-electron chi connectivity index (χ0n) is 10.7. The molecule has 1 aromatic rings. The van der Waals surface area contributed by atoms with Gasteiger partial charge in [0, 0.05) is 19.3 Å². The van der Waals surface area contributed by atoms with Gasteiger partial charge in [-0.05, 0) is 43.2 Å². The molecule has 0 amide bonds. The van der Waals surface area contributed by atoms with Gasteiger partial charge in [0.2, 0.25) is 0 Å². The summed E-state index contributed by atoms with van der Waals surface area (Å²) in [6.07, 6.45) is 10.0. The molecule has 0 aromatic carbocycles. The Morgan fingerprint density at radius 2 is 1.83 bits per heavy atom. The van der Waals surface area contributed by atoms with E-state index in [0.29, 0.717) is 11.0 Å². The molecule has 2 fully saturated rings. The van der Waals surface area contributed by atoms with Gasteiger partial charge in [-0.3, -0.25) is 0 Å². The van der Waals surface area contributed by atoms with E-state index in [1.807, 2.05) is 12.1 Å². The lowest BCUT2D eigenvalue weighted by Gasteiger charge is -2.39. The number of aromatic nitrogens is 1. The van der Waals surface area contributed by atoms with Gasteiger partial charge in [-0.1, -0.05) is 12.8 Å². The Morgan fingerprint density at radius 3 is 2.39 bits per heavy atom. The van der Waals surface area contributed by atoms with Gasteiger partial charge in [0.05, 0.1) is 5.56 Å². The second kappa shape index (κ2) is 4.61. The number of hydrogen-bond donors (Lipinski definition) is 0. The molecule has 0 atom stereocenters. The van der Waals surface area contributed by atoms with E-state index in [-0.39, 0.29) is 0 Å². The Hall–Kier alpha value is -1.56. The van der Waals surface area contributed by atoms with E-state index in [2.05, 4.69) is 16.0 Å². The first-order valence-electron chi connectivity index (χ1n) is 6.93. The van der Waals surface area contributed by atoms with Crippen molar-refractivity contribution in [1.82, 2.24) is 4.98 Å². The molecule has 3 nitrogen and oxygen atoms in total. The highest BCUT2D eigenvalue weighted by molar-refractivity contribution is 5.42. The molecule has 0 radical (unpaired) electrons. The number of pyridine rings is 1. The predicted molar refractivity (Wildman–Crippen MR) is 71.3 cm³/mol. The van der Waals surface area contributed by atoms with Gasteiger partial charge in [0.1, 0.15) is 11.9 Å². The van der Waals surface area contributed by atoms with Gasteiger partial charge in [-0.2, -0.15) is 5.26 Å². The van der Waals surface area contributed by atoms with E-state index in [1.165, 1.54) is 38.5 Å². The topological polar surface area (TPSA) is 39.9 Å². The van der Waals surface area contributed by atoms with Gasteiger partial charge in [-0.15, -0.1) is 0 Å². The number of nitrogens with zero attached hydrogens (tertiary/aromatic N) is 3. The molecule has 2 aliphatic rings. The summed E-state index contributed by atoms with van der Waals surface area (Å²) in [4.78, 5) is 6.76. The van der Waals surface area contributed by atoms with Crippen LogP contribution < -0.4 is 4.90 Å². The van der Waals surface area contributed by atoms with E-state index in [0.717, 1.165) is 18.9 Å². The summed E-state index contributed by atoms with van der Waals surface area (Å²) >= 11 is 0. The van der Waals surface area contributed by atoms with Crippen molar-refractivity contribution in [2.45, 2.75) is 38.5 Å². The fourth-order valence-corrected chi connectivity index (χ4v) is 3.47. The minimum Gasteiger partial charge on any atom is -0.357 e. The van der Waals surface area contributed by atoms with Crippen molar-refractivity contribution < 1.29 is 0 Å². The van der Waals surface area contributed by atoms with Crippen LogP contribution in [-0.2, 0) is 0 Å². The van der Waals surface area contributed by atoms with Gasteiger partial charge in [0.25, 0.3) is 0 Å². The highest BCUT2D eigenvalue weighted by atomic mass is 15.2. The average Bonchev–Trinajstić information content (AvgIpc) is 2.88. The largest absolute Gasteiger partial charge is 0.357 e. The lowest BCUT2D eigenvalue weighted by molar-refractivity contribution is 0.226. The quantitative estimate of drug-likeness (QED) is 0.758. The summed E-state index contributed by atoms with van der Waals surface area (Å²) in [5, 5.41) is 8.77. The minimum absolute atomic E-state index is 0.642. The normalized spacial score (nSPS) is 22.1. The summed E-state index contributed by atoms with van der Waals surface area (Å²) in [7, 11) is 0. The summed E-state index contributed by atoms with van der Waals surface area (Å²) in [6.45, 7) is 2.25. The van der Waals surface area contributed by atoms with Crippen LogP contribution in [0, 0.1) is 16.7 Å². The van der Waals surface area contributed by atoms with Crippen LogP contribution in [0.1, 0.15) is 44.1 Å². The van der Waals surface area contributed by atoms with Crippen LogP contribution in [0.2, 0.25) is 0 Å². The first-order valence-corrected chi connectivity index (χ1v) is 6.93. The third-order valence-corrected chi connectivity index (χ3v) is 4.69. The maximum Gasteiger partial charge on any atom is 0.128 e. The number of rotatable bonds is 1. The maximum absolute atomic E-state index is 8.77. The van der Waals surface area contributed by atoms with E-state index in [9.17, 15) is 0 Å². The second-order valence-corrected chi connectivity index (χ2v) is 5.71. The molecule has 0 unspecified atom stereocenters. The number of nitriles is 1. The third-order valence-electron chi connectivity index (χ3n) is 4.69. The molecule has 3 heteroatoms. The first kappa shape index (κ1) is 11.5. The molecule has 1 aromatic heterocycles. The fraction of sp³-hybridized carbons (Fsp3) is 0.600.